The van der Waals surface area contributed by atoms with Crippen LogP contribution in [0.25, 0.3) is 0 Å². The molecule has 2 saturated heterocycles. The molecule has 4 aliphatic carbocycles. The van der Waals surface area contributed by atoms with Gasteiger partial charge in [0.15, 0.2) is 0 Å². The van der Waals surface area contributed by atoms with Gasteiger partial charge < -0.3 is 75.3 Å². The molecular weight excluding hydrogens is 1970 g/mol. The summed E-state index contributed by atoms with van der Waals surface area (Å²) in [6.07, 6.45) is 9.57. The summed E-state index contributed by atoms with van der Waals surface area (Å²) >= 11 is 53.1. The zero-order valence-electron chi connectivity index (χ0n) is 73.6. The van der Waals surface area contributed by atoms with E-state index < -0.39 is 116 Å². The number of hydrogen-bond donors (Lipinski definition) is 7. The number of aromatic carboxylic acids is 1. The molecule has 7 aromatic rings. The fraction of sp³-hybridized carbons (Fsp3) is 0.462. The standard InChI is InChI=1S/C17H25BFNO4.C17H14Cl3N5O2.C12H17BFNO2.C10H13N3.C10H18O5.C6H3Cl3N2O.C6H2Cl3NO2.3K.HO4P/c1-15(2,3)22-14(21)20-12-10-8-9-11(19)13(12)18-23-16(4,5)17(6,7)24-18;18-10-5-9(14(19)24-15(10)20)16(26)25-17(27)23-13-11(7-1-2-7)21-6-22-12(13)8-3-4-8;1-11(2)12(3,4)17-13(16-11)10-8(14)6-5-7-9(10)15;11-8-9(6-1-2-6)12-5-13-10(8)7-3-4-7;1-9(2,3)14-7(11)13-8(12)15-10(4,5)6;7-3-1-2(6(10)12)4(8)11-5(3)9;7-3-1-2(6(11)12)4(8)10-5(3)9;;;;1-4-5(2)3/h8-10H,1-7H3,(H,20,21);5-8H,1-4H2,(H2,23,25,26,27);5-7H,15H2,1-4H3;5-7H,1-4,11H2;1-6H3;1H,(H2,10,12);1H,(H,11,12);;;;1H/q;;;;;;;;;+1;/p-1. The van der Waals surface area contributed by atoms with Gasteiger partial charge in [0.2, 0.25) is 0 Å². The first-order chi connectivity index (χ1) is 58.7. The Hall–Kier alpha value is -3.13. The van der Waals surface area contributed by atoms with Gasteiger partial charge in [-0.05, 0) is 216 Å². The van der Waals surface area contributed by atoms with Crippen molar-refractivity contribution in [3.63, 3.8) is 0 Å². The van der Waals surface area contributed by atoms with Gasteiger partial charge in [-0.1, -0.05) is 117 Å². The predicted octanol–water partition coefficient (Wildman–Crippen LogP) is 13.8. The molecule has 680 valence electrons. The van der Waals surface area contributed by atoms with Crippen LogP contribution in [-0.4, -0.2) is 199 Å². The number of halogens is 11. The summed E-state index contributed by atoms with van der Waals surface area (Å²) in [6, 6.07) is 12.0. The third kappa shape index (κ3) is 37.7. The van der Waals surface area contributed by atoms with Crippen molar-refractivity contribution < 1.29 is 156 Å². The fourth-order valence-corrected chi connectivity index (χ4v) is 12.1. The molecule has 5 amide bonds. The van der Waals surface area contributed by atoms with Crippen LogP contribution in [0.2, 0.25) is 46.0 Å². The van der Waals surface area contributed by atoms with Crippen LogP contribution in [0, 0.1) is 11.6 Å². The Morgan fingerprint density at radius 1 is 0.531 bits per heavy atom. The van der Waals surface area contributed by atoms with Gasteiger partial charge in [0, 0.05) is 46.0 Å². The minimum atomic E-state index is -3.15. The molecule has 6 fully saturated rings. The van der Waals surface area contributed by atoms with Crippen molar-refractivity contribution in [1.29, 1.82) is 0 Å². The molecule has 4 saturated carbocycles. The number of nitrogens with two attached hydrogens (primary N) is 3. The van der Waals surface area contributed by atoms with Crippen LogP contribution < -0.4 is 106 Å². The summed E-state index contributed by atoms with van der Waals surface area (Å²) in [7, 11) is -4.82. The van der Waals surface area contributed by atoms with E-state index in [1.807, 2.05) is 55.4 Å². The van der Waals surface area contributed by atoms with E-state index in [2.05, 4.69) is 60.2 Å². The number of aromatic nitrogens is 7. The number of benzene rings is 2. The van der Waals surface area contributed by atoms with E-state index in [0.717, 1.165) is 60.2 Å². The molecule has 2 aliphatic heterocycles. The van der Waals surface area contributed by atoms with Crippen LogP contribution in [-0.2, 0) is 46.8 Å². The molecule has 128 heavy (non-hydrogen) atoms. The number of anilines is 4. The van der Waals surface area contributed by atoms with Gasteiger partial charge >= 0.3 is 167 Å². The van der Waals surface area contributed by atoms with Crippen molar-refractivity contribution in [3.8, 4) is 0 Å². The van der Waals surface area contributed by atoms with E-state index in [-0.39, 0.29) is 131 Å². The predicted molar refractivity (Wildman–Crippen MR) is 478 cm³/mol. The Kier molecular flexibility index (Phi) is 47.0. The maximum absolute atomic E-state index is 14.4. The topological polar surface area (TPSA) is 490 Å². The van der Waals surface area contributed by atoms with Crippen molar-refractivity contribution in [3.05, 3.63) is 164 Å². The second-order valence-electron chi connectivity index (χ2n) is 33.1. The third-order valence-corrected chi connectivity index (χ3v) is 21.3. The molecule has 50 heteroatoms. The SMILES string of the molecule is CC(C)(C)OC(=O)Nc1cccc(F)c1B1OC(C)(C)C(C)(C)O1.CC(C)(C)OC(=O)OC(=O)OC(C)(C)C.CC1(C)OB(c2c(N)cccc2F)OC1(C)C.NC(=O)c1cc(Cl)c(Cl)nc1Cl.Nc1c(C2CC2)ncnc1C1CC1.O=C(NC(=O)c1cc(Cl)c(Cl)nc1Cl)Nc1c(C2CC2)ncnc1C1CC1.O=C(O)c1cc(Cl)c(Cl)nc1Cl.O=[P+]([O-])O[O-].[K+].[K][K]. The van der Waals surface area contributed by atoms with E-state index in [0.29, 0.717) is 35.0 Å². The zero-order valence-corrected chi connectivity index (χ0v) is 90.7. The second-order valence-corrected chi connectivity index (χ2v) is 37.1. The number of pyridine rings is 3. The van der Waals surface area contributed by atoms with Gasteiger partial charge in [0.05, 0.1) is 88.3 Å². The number of carbonyl (C=O) groups excluding carboxylic acids is 6. The van der Waals surface area contributed by atoms with Crippen LogP contribution in [0.5, 0.6) is 0 Å². The third-order valence-electron chi connectivity index (χ3n) is 18.3. The average Bonchev–Trinajstić information content (AvgIpc) is 1.56. The molecule has 7 heterocycles. The van der Waals surface area contributed by atoms with Crippen LogP contribution in [0.4, 0.5) is 50.7 Å². The molecule has 6 aliphatic rings. The maximum atomic E-state index is 14.4. The van der Waals surface area contributed by atoms with Crippen LogP contribution >= 0.6 is 113 Å². The molecule has 0 spiro atoms. The number of ether oxygens (including phenoxy) is 4. The number of carboxylic acid groups (broad SMARTS) is 1. The molecule has 2 aromatic carbocycles. The Bertz CT molecular complexity index is 4940. The van der Waals surface area contributed by atoms with Crippen molar-refractivity contribution in [2.24, 2.45) is 5.73 Å². The van der Waals surface area contributed by atoms with E-state index in [4.69, 9.17) is 174 Å². The second kappa shape index (κ2) is 51.3. The molecule has 1 unspecified atom stereocenters. The Labute approximate surface area is 873 Å². The number of carbonyl (C=O) groups is 7. The van der Waals surface area contributed by atoms with Gasteiger partial charge in [-0.3, -0.25) is 20.2 Å². The summed E-state index contributed by atoms with van der Waals surface area (Å²) in [4.78, 5) is 117. The van der Waals surface area contributed by atoms with Crippen LogP contribution in [0.3, 0.4) is 0 Å². The first-order valence-corrected chi connectivity index (χ1v) is 59.4. The monoisotopic (exact) mass is 2050 g/mol. The summed E-state index contributed by atoms with van der Waals surface area (Å²) in [5.41, 5.74) is 18.8. The summed E-state index contributed by atoms with van der Waals surface area (Å²) < 4.78 is 81.9. The van der Waals surface area contributed by atoms with Crippen molar-refractivity contribution in [2.45, 2.75) is 232 Å². The van der Waals surface area contributed by atoms with E-state index in [9.17, 15) is 42.3 Å². The Morgan fingerprint density at radius 2 is 0.859 bits per heavy atom. The Balaban J connectivity index is 0.000000315. The molecule has 5 aromatic heterocycles. The number of imide groups is 1. The van der Waals surface area contributed by atoms with Gasteiger partial charge in [-0.25, -0.2) is 72.3 Å². The number of nitrogens with zero attached hydrogens (tertiary/aromatic N) is 7. The van der Waals surface area contributed by atoms with Gasteiger partial charge in [0.25, 0.3) is 11.8 Å². The van der Waals surface area contributed by atoms with Crippen molar-refractivity contribution in [1.82, 2.24) is 40.2 Å². The summed E-state index contributed by atoms with van der Waals surface area (Å²) in [5.74, 6) is -1.60. The fourth-order valence-electron chi connectivity index (χ4n) is 10.4. The molecule has 1 atom stereocenters. The summed E-state index contributed by atoms with van der Waals surface area (Å²) in [6.45, 7) is 30.5. The Morgan fingerprint density at radius 3 is 1.21 bits per heavy atom. The number of rotatable bonds is 12. The number of amides is 5. The molecule has 33 nitrogen and oxygen atoms in total. The van der Waals surface area contributed by atoms with Crippen molar-refractivity contribution in [2.75, 3.05) is 22.1 Å². The van der Waals surface area contributed by atoms with Crippen LogP contribution in [0.15, 0.2) is 67.3 Å². The van der Waals surface area contributed by atoms with E-state index >= 15 is 0 Å². The number of urea groups is 1. The number of nitrogen functional groups attached to an aromatic ring is 2. The van der Waals surface area contributed by atoms with Crippen LogP contribution in [0.1, 0.15) is 247 Å². The first kappa shape index (κ1) is 117. The van der Waals surface area contributed by atoms with E-state index in [1.54, 1.807) is 86.8 Å². The molecule has 10 N–H and O–H groups in total. The average molecular weight is 2060 g/mol. The molecular formula is C78H92B2Cl9F2K3N13O20P. The molecule has 13 rings (SSSR count). The number of carboxylic acids is 1. The summed E-state index contributed by atoms with van der Waals surface area (Å²) in [5, 5.41) is 24.6. The number of nitrogens with one attached hydrogen (secondary N) is 3. The zero-order chi connectivity index (χ0) is 96.3. The van der Waals surface area contributed by atoms with Gasteiger partial charge in [-0.15, -0.1) is 0 Å². The molecule has 0 bridgehead atoms. The van der Waals surface area contributed by atoms with E-state index in [1.165, 1.54) is 125 Å². The number of primary amides is 1. The van der Waals surface area contributed by atoms with Gasteiger partial charge in [-0.2, -0.15) is 0 Å². The minimum absolute atomic E-state index is 0. The molecule has 0 radical (unpaired) electrons. The quantitative estimate of drug-likeness (QED) is 0.00687. The first-order valence-electron chi connectivity index (χ1n) is 38.9. The van der Waals surface area contributed by atoms with Gasteiger partial charge in [0.1, 0.15) is 72.0 Å². The van der Waals surface area contributed by atoms with Crippen molar-refractivity contribution >= 4 is 266 Å². The normalized spacial score (nSPS) is 15.9. The number of hydrogen-bond acceptors (Lipinski definition) is 28.